The van der Waals surface area contributed by atoms with Crippen LogP contribution >= 0.6 is 0 Å². The maximum Gasteiger partial charge on any atom is 0.00956 e. The van der Waals surface area contributed by atoms with E-state index in [1.54, 1.807) is 0 Å². The Labute approximate surface area is 101 Å². The van der Waals surface area contributed by atoms with E-state index in [0.29, 0.717) is 0 Å². The van der Waals surface area contributed by atoms with E-state index in [9.17, 15) is 0 Å². The fraction of sp³-hybridized carbons (Fsp3) is 1.00. The fourth-order valence-electron chi connectivity index (χ4n) is 4.24. The Morgan fingerprint density at radius 3 is 1.69 bits per heavy atom. The lowest BCUT2D eigenvalue weighted by molar-refractivity contribution is 0.128. The van der Waals surface area contributed by atoms with Crippen LogP contribution in [-0.2, 0) is 0 Å². The minimum absolute atomic E-state index is 0.956. The number of hydrogen-bond donors (Lipinski definition) is 0. The zero-order valence-corrected chi connectivity index (χ0v) is 10.8. The lowest BCUT2D eigenvalue weighted by atomic mass is 9.84. The van der Waals surface area contributed by atoms with Crippen LogP contribution in [0.5, 0.6) is 0 Å². The van der Waals surface area contributed by atoms with Crippen LogP contribution in [0.25, 0.3) is 0 Å². The van der Waals surface area contributed by atoms with E-state index < -0.39 is 0 Å². The molecule has 0 spiro atoms. The smallest absolute Gasteiger partial charge is 0.00956 e. The third kappa shape index (κ3) is 2.30. The molecule has 0 aromatic carbocycles. The van der Waals surface area contributed by atoms with Crippen molar-refractivity contribution in [3.8, 4) is 0 Å². The predicted molar refractivity (Wildman–Crippen MR) is 68.4 cm³/mol. The Bertz CT molecular complexity index is 208. The van der Waals surface area contributed by atoms with Crippen molar-refractivity contribution in [2.75, 3.05) is 13.1 Å². The van der Waals surface area contributed by atoms with Crippen molar-refractivity contribution in [1.82, 2.24) is 4.90 Å². The number of hydrogen-bond acceptors (Lipinski definition) is 1. The Morgan fingerprint density at radius 2 is 1.19 bits per heavy atom. The summed E-state index contributed by atoms with van der Waals surface area (Å²) in [5.74, 6) is 3.11. The molecule has 2 saturated heterocycles. The third-order valence-corrected chi connectivity index (χ3v) is 5.45. The van der Waals surface area contributed by atoms with Crippen LogP contribution in [0.2, 0.25) is 0 Å². The average molecular weight is 221 g/mol. The first kappa shape index (κ1) is 11.1. The molecule has 0 amide bonds. The highest BCUT2D eigenvalue weighted by Crippen LogP contribution is 2.37. The standard InChI is InChI=1S/C15H27N/c1-12-2-8-15(9-3-12)16-10-13-4-5-14(11-16)7-6-13/h12-15H,2-11H2,1H3. The van der Waals surface area contributed by atoms with Crippen molar-refractivity contribution in [1.29, 1.82) is 0 Å². The van der Waals surface area contributed by atoms with Gasteiger partial charge >= 0.3 is 0 Å². The van der Waals surface area contributed by atoms with Gasteiger partial charge in [0, 0.05) is 19.1 Å². The molecule has 0 radical (unpaired) electrons. The molecular formula is C15H27N. The van der Waals surface area contributed by atoms with Gasteiger partial charge in [0.25, 0.3) is 0 Å². The van der Waals surface area contributed by atoms with E-state index >= 15 is 0 Å². The highest BCUT2D eigenvalue weighted by molar-refractivity contribution is 4.87. The molecule has 1 heteroatoms. The van der Waals surface area contributed by atoms with E-state index in [1.165, 1.54) is 64.5 Å². The summed E-state index contributed by atoms with van der Waals surface area (Å²) < 4.78 is 0. The Morgan fingerprint density at radius 1 is 0.688 bits per heavy atom. The normalized spacial score (nSPS) is 45.6. The lowest BCUT2D eigenvalue weighted by Gasteiger charge is -2.36. The highest BCUT2D eigenvalue weighted by atomic mass is 15.2. The maximum atomic E-state index is 2.89. The van der Waals surface area contributed by atoms with Gasteiger partial charge in [0.2, 0.25) is 0 Å². The molecular weight excluding hydrogens is 194 g/mol. The van der Waals surface area contributed by atoms with Crippen molar-refractivity contribution in [2.24, 2.45) is 17.8 Å². The molecule has 2 aliphatic heterocycles. The minimum Gasteiger partial charge on any atom is -0.300 e. The average Bonchev–Trinajstić information content (AvgIpc) is 2.63. The first-order chi connectivity index (χ1) is 7.81. The molecule has 0 aromatic rings. The van der Waals surface area contributed by atoms with E-state index in [0.717, 1.165) is 23.8 Å². The summed E-state index contributed by atoms with van der Waals surface area (Å²) in [6, 6.07) is 0.956. The molecule has 4 fully saturated rings. The first-order valence-corrected chi connectivity index (χ1v) is 7.55. The summed E-state index contributed by atoms with van der Waals surface area (Å²) in [4.78, 5) is 2.89. The highest BCUT2D eigenvalue weighted by Gasteiger charge is 2.33. The largest absolute Gasteiger partial charge is 0.300 e. The summed E-state index contributed by atoms with van der Waals surface area (Å²) in [5.41, 5.74) is 0. The van der Waals surface area contributed by atoms with Crippen LogP contribution in [0, 0.1) is 17.8 Å². The van der Waals surface area contributed by atoms with Gasteiger partial charge in [-0.3, -0.25) is 4.90 Å². The number of rotatable bonds is 1. The molecule has 0 unspecified atom stereocenters. The third-order valence-electron chi connectivity index (χ3n) is 5.45. The summed E-state index contributed by atoms with van der Waals surface area (Å²) in [6.07, 6.45) is 12.1. The van der Waals surface area contributed by atoms with Gasteiger partial charge in [-0.05, 0) is 69.1 Å². The van der Waals surface area contributed by atoms with E-state index in [2.05, 4.69) is 11.8 Å². The van der Waals surface area contributed by atoms with Crippen LogP contribution in [0.4, 0.5) is 0 Å². The van der Waals surface area contributed by atoms with E-state index in [1.807, 2.05) is 0 Å². The van der Waals surface area contributed by atoms with Crippen LogP contribution < -0.4 is 0 Å². The fourth-order valence-corrected chi connectivity index (χ4v) is 4.24. The SMILES string of the molecule is CC1CCC(N2CC3CCC(CC3)C2)CC1. The Balaban J connectivity index is 1.62. The van der Waals surface area contributed by atoms with Gasteiger partial charge < -0.3 is 0 Å². The van der Waals surface area contributed by atoms with Crippen LogP contribution in [0.3, 0.4) is 0 Å². The van der Waals surface area contributed by atoms with Gasteiger partial charge in [0.15, 0.2) is 0 Å². The second-order valence-electron chi connectivity index (χ2n) is 6.75. The summed E-state index contributed by atoms with van der Waals surface area (Å²) in [7, 11) is 0. The van der Waals surface area contributed by atoms with Crippen molar-refractivity contribution < 1.29 is 0 Å². The second-order valence-corrected chi connectivity index (χ2v) is 6.75. The maximum absolute atomic E-state index is 2.89. The van der Waals surface area contributed by atoms with Gasteiger partial charge in [0.1, 0.15) is 0 Å². The number of nitrogens with zero attached hydrogens (tertiary/aromatic N) is 1. The Hall–Kier alpha value is -0.0400. The summed E-state index contributed by atoms with van der Waals surface area (Å²) >= 11 is 0. The molecule has 2 saturated carbocycles. The van der Waals surface area contributed by atoms with Crippen LogP contribution in [-0.4, -0.2) is 24.0 Å². The molecule has 1 nitrogen and oxygen atoms in total. The molecule has 4 aliphatic rings. The topological polar surface area (TPSA) is 3.24 Å². The van der Waals surface area contributed by atoms with Crippen LogP contribution in [0.1, 0.15) is 58.3 Å². The van der Waals surface area contributed by atoms with Crippen molar-refractivity contribution >= 4 is 0 Å². The molecule has 2 aliphatic carbocycles. The quantitative estimate of drug-likeness (QED) is 0.653. The molecule has 0 N–H and O–H groups in total. The summed E-state index contributed by atoms with van der Waals surface area (Å²) in [6.45, 7) is 5.31. The number of fused-ring (bicyclic) bond motifs is 4. The minimum atomic E-state index is 0.956. The zero-order chi connectivity index (χ0) is 11.0. The molecule has 0 atom stereocenters. The van der Waals surface area contributed by atoms with Crippen molar-refractivity contribution in [3.63, 3.8) is 0 Å². The summed E-state index contributed by atoms with van der Waals surface area (Å²) in [5, 5.41) is 0. The van der Waals surface area contributed by atoms with Gasteiger partial charge in [-0.1, -0.05) is 6.92 Å². The van der Waals surface area contributed by atoms with E-state index in [4.69, 9.17) is 0 Å². The predicted octanol–water partition coefficient (Wildman–Crippen LogP) is 3.69. The van der Waals surface area contributed by atoms with Gasteiger partial charge in [-0.25, -0.2) is 0 Å². The molecule has 4 rings (SSSR count). The van der Waals surface area contributed by atoms with Gasteiger partial charge in [0.05, 0.1) is 0 Å². The van der Waals surface area contributed by atoms with Crippen LogP contribution in [0.15, 0.2) is 0 Å². The molecule has 2 heterocycles. The second kappa shape index (κ2) is 4.68. The molecule has 92 valence electrons. The van der Waals surface area contributed by atoms with Gasteiger partial charge in [-0.15, -0.1) is 0 Å². The van der Waals surface area contributed by atoms with Crippen molar-refractivity contribution in [3.05, 3.63) is 0 Å². The van der Waals surface area contributed by atoms with Gasteiger partial charge in [-0.2, -0.15) is 0 Å². The molecule has 16 heavy (non-hydrogen) atoms. The lowest BCUT2D eigenvalue weighted by Crippen LogP contribution is -2.40. The Kier molecular flexibility index (Phi) is 3.24. The zero-order valence-electron chi connectivity index (χ0n) is 10.8. The molecule has 2 bridgehead atoms. The first-order valence-electron chi connectivity index (χ1n) is 7.55. The molecule has 0 aromatic heterocycles. The van der Waals surface area contributed by atoms with Crippen molar-refractivity contribution in [2.45, 2.75) is 64.3 Å². The monoisotopic (exact) mass is 221 g/mol. The van der Waals surface area contributed by atoms with E-state index in [-0.39, 0.29) is 0 Å².